The lowest BCUT2D eigenvalue weighted by Gasteiger charge is -2.18. The molecule has 0 aliphatic carbocycles. The first-order valence-electron chi connectivity index (χ1n) is 6.46. The monoisotopic (exact) mass is 285 g/mol. The molecule has 0 saturated carbocycles. The fourth-order valence-corrected chi connectivity index (χ4v) is 2.80. The molecule has 1 unspecified atom stereocenters. The molecule has 0 bridgehead atoms. The topological polar surface area (TPSA) is 84.2 Å². The van der Waals surface area contributed by atoms with Gasteiger partial charge in [0.2, 0.25) is 10.0 Å². The summed E-state index contributed by atoms with van der Waals surface area (Å²) in [6, 6.07) is 6.82. The molecule has 1 aromatic rings. The summed E-state index contributed by atoms with van der Waals surface area (Å²) in [5.74, 6) is 0.338. The molecule has 0 aliphatic rings. The van der Waals surface area contributed by atoms with Crippen LogP contribution in [0.2, 0.25) is 0 Å². The number of sulfonamides is 1. The van der Waals surface area contributed by atoms with Crippen molar-refractivity contribution < 1.29 is 8.42 Å². The fraction of sp³-hybridized carbons (Fsp3) is 0.538. The van der Waals surface area contributed by atoms with E-state index in [1.165, 1.54) is 0 Å². The average Bonchev–Trinajstić information content (AvgIpc) is 2.36. The fourth-order valence-electron chi connectivity index (χ4n) is 1.58. The summed E-state index contributed by atoms with van der Waals surface area (Å²) in [7, 11) is -3.46. The van der Waals surface area contributed by atoms with Crippen LogP contribution in [0.3, 0.4) is 0 Å². The third kappa shape index (κ3) is 4.49. The molecule has 6 heteroatoms. The Morgan fingerprint density at radius 1 is 1.26 bits per heavy atom. The third-order valence-electron chi connectivity index (χ3n) is 2.90. The second kappa shape index (κ2) is 6.88. The molecule has 5 nitrogen and oxygen atoms in total. The van der Waals surface area contributed by atoms with Crippen LogP contribution >= 0.6 is 0 Å². The Kier molecular flexibility index (Phi) is 5.78. The predicted molar refractivity (Wildman–Crippen MR) is 78.6 cm³/mol. The van der Waals surface area contributed by atoms with Crippen molar-refractivity contribution in [3.05, 3.63) is 24.3 Å². The largest absolute Gasteiger partial charge is 0.382 e. The zero-order chi connectivity index (χ0) is 14.5. The molecule has 108 valence electrons. The smallest absolute Gasteiger partial charge is 0.242 e. The van der Waals surface area contributed by atoms with Crippen LogP contribution in [0.4, 0.5) is 5.69 Å². The molecule has 1 rings (SSSR count). The first kappa shape index (κ1) is 15.9. The Bertz CT molecular complexity index is 500. The maximum absolute atomic E-state index is 12.0. The van der Waals surface area contributed by atoms with Crippen LogP contribution in [0.25, 0.3) is 0 Å². The van der Waals surface area contributed by atoms with Crippen LogP contribution < -0.4 is 15.8 Å². The SMILES string of the molecule is CCNS(=O)(=O)c1ccccc1NCC(N)C(C)C. The van der Waals surface area contributed by atoms with E-state index in [-0.39, 0.29) is 10.9 Å². The summed E-state index contributed by atoms with van der Waals surface area (Å²) in [5.41, 5.74) is 6.54. The number of rotatable bonds is 7. The maximum atomic E-state index is 12.0. The summed E-state index contributed by atoms with van der Waals surface area (Å²) >= 11 is 0. The van der Waals surface area contributed by atoms with E-state index in [0.717, 1.165) is 0 Å². The summed E-state index contributed by atoms with van der Waals surface area (Å²) in [6.45, 7) is 6.72. The van der Waals surface area contributed by atoms with Gasteiger partial charge in [-0.05, 0) is 18.1 Å². The number of para-hydroxylation sites is 1. The number of hydrogen-bond acceptors (Lipinski definition) is 4. The van der Waals surface area contributed by atoms with Gasteiger partial charge in [-0.2, -0.15) is 0 Å². The van der Waals surface area contributed by atoms with Gasteiger partial charge >= 0.3 is 0 Å². The van der Waals surface area contributed by atoms with Gasteiger partial charge in [0.25, 0.3) is 0 Å². The van der Waals surface area contributed by atoms with Gasteiger partial charge in [0, 0.05) is 19.1 Å². The average molecular weight is 285 g/mol. The van der Waals surface area contributed by atoms with Gasteiger partial charge in [-0.25, -0.2) is 13.1 Å². The minimum Gasteiger partial charge on any atom is -0.382 e. The van der Waals surface area contributed by atoms with Crippen LogP contribution in [-0.2, 0) is 10.0 Å². The molecule has 0 fully saturated rings. The lowest BCUT2D eigenvalue weighted by Crippen LogP contribution is -2.34. The Morgan fingerprint density at radius 3 is 2.47 bits per heavy atom. The normalized spacial score (nSPS) is 13.5. The van der Waals surface area contributed by atoms with Gasteiger partial charge in [0.1, 0.15) is 4.90 Å². The summed E-state index contributed by atoms with van der Waals surface area (Å²) < 4.78 is 26.6. The number of nitrogens with one attached hydrogen (secondary N) is 2. The van der Waals surface area contributed by atoms with Gasteiger partial charge in [-0.1, -0.05) is 32.9 Å². The maximum Gasteiger partial charge on any atom is 0.242 e. The van der Waals surface area contributed by atoms with Gasteiger partial charge in [0.05, 0.1) is 5.69 Å². The Hall–Kier alpha value is -1.11. The van der Waals surface area contributed by atoms with Crippen LogP contribution in [-0.4, -0.2) is 27.5 Å². The second-order valence-corrected chi connectivity index (χ2v) is 6.52. The zero-order valence-corrected chi connectivity index (χ0v) is 12.5. The van der Waals surface area contributed by atoms with E-state index in [9.17, 15) is 8.42 Å². The van der Waals surface area contributed by atoms with E-state index in [1.807, 2.05) is 13.8 Å². The molecule has 0 aliphatic heterocycles. The molecule has 0 aromatic heterocycles. The highest BCUT2D eigenvalue weighted by molar-refractivity contribution is 7.89. The van der Waals surface area contributed by atoms with Gasteiger partial charge in [0.15, 0.2) is 0 Å². The zero-order valence-electron chi connectivity index (χ0n) is 11.7. The van der Waals surface area contributed by atoms with Gasteiger partial charge in [-0.3, -0.25) is 0 Å². The molecular weight excluding hydrogens is 262 g/mol. The van der Waals surface area contributed by atoms with Crippen molar-refractivity contribution in [2.45, 2.75) is 31.7 Å². The number of nitrogens with two attached hydrogens (primary N) is 1. The highest BCUT2D eigenvalue weighted by atomic mass is 32.2. The number of hydrogen-bond donors (Lipinski definition) is 3. The van der Waals surface area contributed by atoms with E-state index in [1.54, 1.807) is 31.2 Å². The first-order valence-corrected chi connectivity index (χ1v) is 7.95. The molecule has 0 spiro atoms. The molecule has 0 radical (unpaired) electrons. The van der Waals surface area contributed by atoms with Crippen molar-refractivity contribution in [3.8, 4) is 0 Å². The summed E-state index contributed by atoms with van der Waals surface area (Å²) in [5, 5.41) is 3.11. The van der Waals surface area contributed by atoms with Crippen molar-refractivity contribution in [2.75, 3.05) is 18.4 Å². The number of anilines is 1. The lowest BCUT2D eigenvalue weighted by atomic mass is 10.1. The second-order valence-electron chi connectivity index (χ2n) is 4.79. The van der Waals surface area contributed by atoms with E-state index in [4.69, 9.17) is 5.73 Å². The Labute approximate surface area is 115 Å². The summed E-state index contributed by atoms with van der Waals surface area (Å²) in [4.78, 5) is 0.257. The minimum atomic E-state index is -3.46. The minimum absolute atomic E-state index is 0.0186. The third-order valence-corrected chi connectivity index (χ3v) is 4.50. The van der Waals surface area contributed by atoms with Gasteiger partial charge in [-0.15, -0.1) is 0 Å². The Balaban J connectivity index is 2.91. The molecule has 0 amide bonds. The van der Waals surface area contributed by atoms with E-state index in [0.29, 0.717) is 24.7 Å². The molecule has 1 aromatic carbocycles. The van der Waals surface area contributed by atoms with Crippen LogP contribution in [0.5, 0.6) is 0 Å². The van der Waals surface area contributed by atoms with Crippen molar-refractivity contribution in [2.24, 2.45) is 11.7 Å². The standard InChI is InChI=1S/C13H23N3O2S/c1-4-16-19(17,18)13-8-6-5-7-12(13)15-9-11(14)10(2)3/h5-8,10-11,15-16H,4,9,14H2,1-3H3. The predicted octanol–water partition coefficient (Wildman–Crippen LogP) is 1.38. The molecule has 0 saturated heterocycles. The van der Waals surface area contributed by atoms with Gasteiger partial charge < -0.3 is 11.1 Å². The van der Waals surface area contributed by atoms with Crippen molar-refractivity contribution in [3.63, 3.8) is 0 Å². The van der Waals surface area contributed by atoms with Crippen LogP contribution in [0, 0.1) is 5.92 Å². The molecular formula is C13H23N3O2S. The first-order chi connectivity index (χ1) is 8.88. The summed E-state index contributed by atoms with van der Waals surface area (Å²) in [6.07, 6.45) is 0. The van der Waals surface area contributed by atoms with E-state index in [2.05, 4.69) is 10.0 Å². The van der Waals surface area contributed by atoms with E-state index >= 15 is 0 Å². The number of benzene rings is 1. The van der Waals surface area contributed by atoms with Crippen molar-refractivity contribution in [1.82, 2.24) is 4.72 Å². The highest BCUT2D eigenvalue weighted by Crippen LogP contribution is 2.20. The van der Waals surface area contributed by atoms with E-state index < -0.39 is 10.0 Å². The quantitative estimate of drug-likeness (QED) is 0.706. The highest BCUT2D eigenvalue weighted by Gasteiger charge is 2.17. The molecule has 19 heavy (non-hydrogen) atoms. The Morgan fingerprint density at radius 2 is 1.89 bits per heavy atom. The van der Waals surface area contributed by atoms with Crippen LogP contribution in [0.15, 0.2) is 29.2 Å². The van der Waals surface area contributed by atoms with Crippen LogP contribution in [0.1, 0.15) is 20.8 Å². The molecule has 0 heterocycles. The van der Waals surface area contributed by atoms with Crippen molar-refractivity contribution in [1.29, 1.82) is 0 Å². The lowest BCUT2D eigenvalue weighted by molar-refractivity contribution is 0.511. The molecule has 1 atom stereocenters. The molecule has 4 N–H and O–H groups in total. The van der Waals surface area contributed by atoms with Crippen molar-refractivity contribution >= 4 is 15.7 Å².